The van der Waals surface area contributed by atoms with Gasteiger partial charge in [0.1, 0.15) is 0 Å². The van der Waals surface area contributed by atoms with Gasteiger partial charge in [-0.2, -0.15) is 0 Å². The predicted octanol–water partition coefficient (Wildman–Crippen LogP) is 2.31. The number of allylic oxidation sites excluding steroid dienone is 2. The van der Waals surface area contributed by atoms with E-state index >= 15 is 0 Å². The summed E-state index contributed by atoms with van der Waals surface area (Å²) in [4.78, 5) is 0. The summed E-state index contributed by atoms with van der Waals surface area (Å²) in [7, 11) is 2.32. The molecule has 0 bridgehead atoms. The summed E-state index contributed by atoms with van der Waals surface area (Å²) in [6.07, 6.45) is 8.29. The number of hydrogen-bond donors (Lipinski definition) is 0. The van der Waals surface area contributed by atoms with Crippen molar-refractivity contribution in [3.63, 3.8) is 0 Å². The topological polar surface area (TPSA) is 9.23 Å². The Morgan fingerprint density at radius 2 is 2.20 bits per heavy atom. The van der Waals surface area contributed by atoms with Gasteiger partial charge in [-0.1, -0.05) is 31.2 Å². The van der Waals surface area contributed by atoms with E-state index in [1.807, 2.05) is 6.08 Å². The van der Waals surface area contributed by atoms with Gasteiger partial charge in [0, 0.05) is 15.4 Å². The van der Waals surface area contributed by atoms with Gasteiger partial charge in [0.2, 0.25) is 0 Å². The molecule has 3 unspecified atom stereocenters. The highest BCUT2D eigenvalue weighted by Gasteiger charge is 2.27. The van der Waals surface area contributed by atoms with E-state index in [-0.39, 0.29) is 5.60 Å². The Labute approximate surface area is 64.4 Å². The van der Waals surface area contributed by atoms with Crippen LogP contribution in [0.2, 0.25) is 0 Å². The minimum atomic E-state index is -0.126. The molecule has 56 valence electrons. The number of hydrogen-bond acceptors (Lipinski definition) is 1. The van der Waals surface area contributed by atoms with Gasteiger partial charge in [0.25, 0.3) is 0 Å². The van der Waals surface area contributed by atoms with E-state index in [0.29, 0.717) is 5.92 Å². The van der Waals surface area contributed by atoms with Crippen LogP contribution in [0.15, 0.2) is 24.3 Å². The predicted molar refractivity (Wildman–Crippen MR) is 46.6 cm³/mol. The van der Waals surface area contributed by atoms with Crippen molar-refractivity contribution in [2.24, 2.45) is 5.92 Å². The molecule has 0 saturated heterocycles. The summed E-state index contributed by atoms with van der Waals surface area (Å²) in [5, 5.41) is 0. The van der Waals surface area contributed by atoms with E-state index in [9.17, 15) is 0 Å². The van der Waals surface area contributed by atoms with Crippen molar-refractivity contribution in [1.82, 2.24) is 0 Å². The molecule has 0 aromatic heterocycles. The second-order valence-electron chi connectivity index (χ2n) is 2.83. The summed E-state index contributed by atoms with van der Waals surface area (Å²) >= 11 is 0. The fourth-order valence-corrected chi connectivity index (χ4v) is 1.26. The van der Waals surface area contributed by atoms with Crippen LogP contribution in [0.25, 0.3) is 0 Å². The van der Waals surface area contributed by atoms with Crippen molar-refractivity contribution >= 4 is 9.47 Å². The Hall–Kier alpha value is -0.130. The summed E-state index contributed by atoms with van der Waals surface area (Å²) < 4.78 is 5.27. The van der Waals surface area contributed by atoms with Gasteiger partial charge in [-0.3, -0.25) is 0 Å². The Morgan fingerprint density at radius 3 is 2.60 bits per heavy atom. The summed E-state index contributed by atoms with van der Waals surface area (Å²) in [5.74, 6) is 0.454. The molecular weight excluding hydrogens is 143 g/mol. The van der Waals surface area contributed by atoms with Gasteiger partial charge < -0.3 is 4.52 Å². The van der Waals surface area contributed by atoms with Crippen LogP contribution in [0.4, 0.5) is 0 Å². The second kappa shape index (κ2) is 2.86. The molecule has 0 aromatic carbocycles. The summed E-state index contributed by atoms with van der Waals surface area (Å²) in [6, 6.07) is 0. The average molecular weight is 156 g/mol. The lowest BCUT2D eigenvalue weighted by molar-refractivity contribution is 0.128. The molecule has 0 N–H and O–H groups in total. The molecule has 1 rings (SSSR count). The van der Waals surface area contributed by atoms with Crippen molar-refractivity contribution in [2.75, 3.05) is 0 Å². The zero-order chi connectivity index (χ0) is 7.61. The molecule has 1 aliphatic carbocycles. The molecule has 2 heteroatoms. The highest BCUT2D eigenvalue weighted by Crippen LogP contribution is 2.29. The van der Waals surface area contributed by atoms with Gasteiger partial charge in [-0.15, -0.1) is 0 Å². The van der Waals surface area contributed by atoms with Gasteiger partial charge in [0.05, 0.1) is 5.60 Å². The Bertz CT molecular complexity index is 174. The molecule has 1 aliphatic rings. The smallest absolute Gasteiger partial charge is 0.0932 e. The standard InChI is InChI=1S/C8H13OP/c1-7-5-3-4-6-8(7,2)9-10/h3-7H,10H2,1-2H3. The van der Waals surface area contributed by atoms with E-state index in [1.54, 1.807) is 0 Å². The molecule has 1 nitrogen and oxygen atoms in total. The van der Waals surface area contributed by atoms with Crippen LogP contribution in [0, 0.1) is 5.92 Å². The zero-order valence-electron chi connectivity index (χ0n) is 6.37. The lowest BCUT2D eigenvalue weighted by Crippen LogP contribution is -2.30. The molecule has 0 heterocycles. The fraction of sp³-hybridized carbons (Fsp3) is 0.500. The third-order valence-electron chi connectivity index (χ3n) is 2.10. The molecule has 0 aromatic rings. The molecule has 0 saturated carbocycles. The molecule has 0 spiro atoms. The quantitative estimate of drug-likeness (QED) is 0.529. The van der Waals surface area contributed by atoms with Crippen molar-refractivity contribution in [3.05, 3.63) is 24.3 Å². The average Bonchev–Trinajstić information content (AvgIpc) is 1.96. The van der Waals surface area contributed by atoms with Gasteiger partial charge in [0.15, 0.2) is 0 Å². The highest BCUT2D eigenvalue weighted by molar-refractivity contribution is 7.09. The lowest BCUT2D eigenvalue weighted by atomic mass is 9.87. The first-order chi connectivity index (χ1) is 4.69. The molecule has 10 heavy (non-hydrogen) atoms. The van der Waals surface area contributed by atoms with Crippen LogP contribution in [0.1, 0.15) is 13.8 Å². The van der Waals surface area contributed by atoms with Crippen molar-refractivity contribution in [1.29, 1.82) is 0 Å². The lowest BCUT2D eigenvalue weighted by Gasteiger charge is -2.30. The Morgan fingerprint density at radius 1 is 1.50 bits per heavy atom. The number of rotatable bonds is 1. The minimum Gasteiger partial charge on any atom is -0.355 e. The van der Waals surface area contributed by atoms with Crippen LogP contribution < -0.4 is 0 Å². The highest BCUT2D eigenvalue weighted by atomic mass is 31.0. The van der Waals surface area contributed by atoms with Gasteiger partial charge in [-0.05, 0) is 6.92 Å². The maximum atomic E-state index is 5.27. The molecular formula is C8H13OP. The third kappa shape index (κ3) is 1.31. The van der Waals surface area contributed by atoms with Crippen molar-refractivity contribution in [2.45, 2.75) is 19.4 Å². The Balaban J connectivity index is 2.77. The third-order valence-corrected chi connectivity index (χ3v) is 2.60. The monoisotopic (exact) mass is 156 g/mol. The first-order valence-corrected chi connectivity index (χ1v) is 3.90. The van der Waals surface area contributed by atoms with E-state index in [4.69, 9.17) is 4.52 Å². The van der Waals surface area contributed by atoms with Gasteiger partial charge >= 0.3 is 0 Å². The molecule has 0 radical (unpaired) electrons. The molecule has 0 amide bonds. The minimum absolute atomic E-state index is 0.126. The van der Waals surface area contributed by atoms with Crippen LogP contribution in [-0.2, 0) is 4.52 Å². The van der Waals surface area contributed by atoms with E-state index < -0.39 is 0 Å². The SMILES string of the molecule is CC1C=CC=CC1(C)OP. The fourth-order valence-electron chi connectivity index (χ4n) is 0.967. The summed E-state index contributed by atoms with van der Waals surface area (Å²) in [6.45, 7) is 4.22. The second-order valence-corrected chi connectivity index (χ2v) is 3.07. The van der Waals surface area contributed by atoms with Crippen molar-refractivity contribution < 1.29 is 4.52 Å². The largest absolute Gasteiger partial charge is 0.355 e. The van der Waals surface area contributed by atoms with Crippen LogP contribution in [0.5, 0.6) is 0 Å². The molecule has 0 aliphatic heterocycles. The first kappa shape index (κ1) is 7.97. The van der Waals surface area contributed by atoms with Crippen LogP contribution >= 0.6 is 9.47 Å². The van der Waals surface area contributed by atoms with E-state index in [1.165, 1.54) is 0 Å². The van der Waals surface area contributed by atoms with E-state index in [0.717, 1.165) is 0 Å². The normalized spacial score (nSPS) is 38.5. The van der Waals surface area contributed by atoms with Crippen LogP contribution in [0.3, 0.4) is 0 Å². The first-order valence-electron chi connectivity index (χ1n) is 3.43. The van der Waals surface area contributed by atoms with Crippen LogP contribution in [-0.4, -0.2) is 5.60 Å². The Kier molecular flexibility index (Phi) is 2.28. The molecule has 0 fully saturated rings. The summed E-state index contributed by atoms with van der Waals surface area (Å²) in [5.41, 5.74) is -0.126. The van der Waals surface area contributed by atoms with Crippen molar-refractivity contribution in [3.8, 4) is 0 Å². The zero-order valence-corrected chi connectivity index (χ0v) is 7.53. The maximum absolute atomic E-state index is 5.27. The van der Waals surface area contributed by atoms with E-state index in [2.05, 4.69) is 41.5 Å². The molecule has 3 atom stereocenters. The van der Waals surface area contributed by atoms with Gasteiger partial charge in [-0.25, -0.2) is 0 Å². The maximum Gasteiger partial charge on any atom is 0.0932 e.